The Morgan fingerprint density at radius 2 is 2.04 bits per heavy atom. The summed E-state index contributed by atoms with van der Waals surface area (Å²) in [6, 6.07) is 6.16. The summed E-state index contributed by atoms with van der Waals surface area (Å²) in [5.74, 6) is 0. The molecule has 6 nitrogen and oxygen atoms in total. The molecule has 3 rings (SSSR count). The minimum absolute atomic E-state index is 0.0530. The Balaban J connectivity index is 1.81. The number of fused-ring (bicyclic) bond motifs is 1. The predicted molar refractivity (Wildman–Crippen MR) is 113 cm³/mol. The van der Waals surface area contributed by atoms with Gasteiger partial charge in [0, 0.05) is 49.7 Å². The van der Waals surface area contributed by atoms with Gasteiger partial charge < -0.3 is 19.9 Å². The smallest absolute Gasteiger partial charge is 0.253 e. The largest absolute Gasteiger partial charge is 0.379 e. The summed E-state index contributed by atoms with van der Waals surface area (Å²) in [5.41, 5.74) is 3.87. The van der Waals surface area contributed by atoms with Crippen LogP contribution in [0, 0.1) is 13.8 Å². The number of aryl methyl sites for hydroxylation is 2. The van der Waals surface area contributed by atoms with Crippen molar-refractivity contribution in [3.8, 4) is 0 Å². The van der Waals surface area contributed by atoms with E-state index in [0.29, 0.717) is 11.7 Å². The molecule has 2 N–H and O–H groups in total. The molecule has 1 aliphatic heterocycles. The van der Waals surface area contributed by atoms with Crippen molar-refractivity contribution in [2.24, 2.45) is 0 Å². The van der Waals surface area contributed by atoms with Crippen LogP contribution in [0.5, 0.6) is 0 Å². The molecule has 0 aliphatic carbocycles. The van der Waals surface area contributed by atoms with E-state index in [0.717, 1.165) is 61.4 Å². The molecule has 1 fully saturated rings. The van der Waals surface area contributed by atoms with Crippen molar-refractivity contribution < 1.29 is 4.74 Å². The Bertz CT molecular complexity index is 874. The number of benzene rings is 1. The third-order valence-electron chi connectivity index (χ3n) is 5.04. The zero-order valence-corrected chi connectivity index (χ0v) is 17.1. The number of hydrogen-bond donors (Lipinski definition) is 2. The van der Waals surface area contributed by atoms with Gasteiger partial charge in [-0.05, 0) is 49.3 Å². The van der Waals surface area contributed by atoms with E-state index >= 15 is 0 Å². The lowest BCUT2D eigenvalue weighted by atomic mass is 10.0. The van der Waals surface area contributed by atoms with Gasteiger partial charge >= 0.3 is 0 Å². The Morgan fingerprint density at radius 3 is 2.74 bits per heavy atom. The Kier molecular flexibility index (Phi) is 6.46. The minimum Gasteiger partial charge on any atom is -0.379 e. The molecule has 1 aromatic heterocycles. The van der Waals surface area contributed by atoms with Crippen molar-refractivity contribution in [1.82, 2.24) is 20.1 Å². The van der Waals surface area contributed by atoms with Gasteiger partial charge in [0.05, 0.1) is 19.8 Å². The minimum atomic E-state index is -0.0530. The quantitative estimate of drug-likeness (QED) is 0.762. The molecule has 2 aromatic rings. The second-order valence-electron chi connectivity index (χ2n) is 7.10. The average Bonchev–Trinajstić information content (AvgIpc) is 2.65. The van der Waals surface area contributed by atoms with Crippen molar-refractivity contribution in [3.63, 3.8) is 0 Å². The number of thiocarbonyl (C=S) groups is 1. The van der Waals surface area contributed by atoms with Crippen LogP contribution in [0.3, 0.4) is 0 Å². The van der Waals surface area contributed by atoms with E-state index in [4.69, 9.17) is 17.0 Å². The number of morpholine rings is 1. The molecule has 0 atom stereocenters. The van der Waals surface area contributed by atoms with Gasteiger partial charge in [0.15, 0.2) is 5.11 Å². The molecule has 0 saturated carbocycles. The predicted octanol–water partition coefficient (Wildman–Crippen LogP) is 1.78. The molecule has 2 heterocycles. The number of aromatic nitrogens is 1. The second kappa shape index (κ2) is 8.82. The number of nitrogens with one attached hydrogen (secondary N) is 2. The van der Waals surface area contributed by atoms with Gasteiger partial charge in [0.1, 0.15) is 0 Å². The van der Waals surface area contributed by atoms with Gasteiger partial charge in [0.2, 0.25) is 0 Å². The lowest BCUT2D eigenvalue weighted by Crippen LogP contribution is -2.45. The number of pyridine rings is 1. The molecule has 0 radical (unpaired) electrons. The molecule has 1 aromatic carbocycles. The van der Waals surface area contributed by atoms with Gasteiger partial charge in [-0.25, -0.2) is 0 Å². The number of H-pyrrole nitrogens is 1. The van der Waals surface area contributed by atoms with E-state index in [1.54, 1.807) is 0 Å². The van der Waals surface area contributed by atoms with Crippen LogP contribution in [-0.4, -0.2) is 66.3 Å². The third kappa shape index (κ3) is 4.86. The van der Waals surface area contributed by atoms with Crippen LogP contribution in [0.4, 0.5) is 0 Å². The SMILES string of the molecule is CNC(=S)N(CCN1CCOCC1)Cc1cc2c(C)cc(C)cc2[nH]c1=O. The van der Waals surface area contributed by atoms with Crippen molar-refractivity contribution in [2.45, 2.75) is 20.4 Å². The van der Waals surface area contributed by atoms with Crippen molar-refractivity contribution in [3.05, 3.63) is 45.2 Å². The summed E-state index contributed by atoms with van der Waals surface area (Å²) < 4.78 is 5.41. The first-order valence-corrected chi connectivity index (χ1v) is 9.78. The van der Waals surface area contributed by atoms with Crippen LogP contribution in [0.2, 0.25) is 0 Å². The summed E-state index contributed by atoms with van der Waals surface area (Å²) in [6.07, 6.45) is 0. The maximum Gasteiger partial charge on any atom is 0.253 e. The first-order chi connectivity index (χ1) is 13.0. The highest BCUT2D eigenvalue weighted by Gasteiger charge is 2.16. The highest BCUT2D eigenvalue weighted by molar-refractivity contribution is 7.80. The molecule has 0 spiro atoms. The van der Waals surface area contributed by atoms with Crippen molar-refractivity contribution in [2.75, 3.05) is 46.4 Å². The molecule has 0 amide bonds. The monoisotopic (exact) mass is 388 g/mol. The number of hydrogen-bond acceptors (Lipinski definition) is 4. The molecule has 1 saturated heterocycles. The highest BCUT2D eigenvalue weighted by atomic mass is 32.1. The standard InChI is InChI=1S/C20H28N4O2S/c1-14-10-15(2)17-12-16(19(25)22-18(17)11-14)13-24(20(27)21-3)5-4-23-6-8-26-9-7-23/h10-12H,4-9,13H2,1-3H3,(H,21,27)(H,22,25). The second-order valence-corrected chi connectivity index (χ2v) is 7.48. The molecule has 7 heteroatoms. The summed E-state index contributed by atoms with van der Waals surface area (Å²) in [5, 5.41) is 4.79. The van der Waals surface area contributed by atoms with Crippen LogP contribution < -0.4 is 10.9 Å². The van der Waals surface area contributed by atoms with E-state index < -0.39 is 0 Å². The van der Waals surface area contributed by atoms with Gasteiger partial charge in [0.25, 0.3) is 5.56 Å². The van der Waals surface area contributed by atoms with Gasteiger partial charge in [-0.3, -0.25) is 9.69 Å². The van der Waals surface area contributed by atoms with E-state index in [-0.39, 0.29) is 5.56 Å². The zero-order valence-electron chi connectivity index (χ0n) is 16.3. The van der Waals surface area contributed by atoms with E-state index in [9.17, 15) is 4.79 Å². The fourth-order valence-corrected chi connectivity index (χ4v) is 3.69. The topological polar surface area (TPSA) is 60.6 Å². The van der Waals surface area contributed by atoms with Gasteiger partial charge in [-0.1, -0.05) is 6.07 Å². The Hall–Kier alpha value is -1.96. The van der Waals surface area contributed by atoms with Crippen LogP contribution in [-0.2, 0) is 11.3 Å². The summed E-state index contributed by atoms with van der Waals surface area (Å²) in [6.45, 7) is 9.70. The van der Waals surface area contributed by atoms with E-state index in [2.05, 4.69) is 33.1 Å². The number of aromatic amines is 1. The number of ether oxygens (including phenoxy) is 1. The zero-order chi connectivity index (χ0) is 19.4. The van der Waals surface area contributed by atoms with E-state index in [1.807, 2.05) is 26.1 Å². The van der Waals surface area contributed by atoms with E-state index in [1.165, 1.54) is 5.56 Å². The highest BCUT2D eigenvalue weighted by Crippen LogP contribution is 2.19. The Morgan fingerprint density at radius 1 is 1.30 bits per heavy atom. The van der Waals surface area contributed by atoms with Crippen LogP contribution in [0.25, 0.3) is 10.9 Å². The molecule has 146 valence electrons. The maximum atomic E-state index is 12.6. The maximum absolute atomic E-state index is 12.6. The third-order valence-corrected chi connectivity index (χ3v) is 5.50. The summed E-state index contributed by atoms with van der Waals surface area (Å²) in [4.78, 5) is 20.1. The lowest BCUT2D eigenvalue weighted by Gasteiger charge is -2.31. The molecule has 27 heavy (non-hydrogen) atoms. The summed E-state index contributed by atoms with van der Waals surface area (Å²) in [7, 11) is 1.82. The van der Waals surface area contributed by atoms with Crippen LogP contribution in [0.15, 0.2) is 23.0 Å². The normalized spacial score (nSPS) is 15.1. The summed E-state index contributed by atoms with van der Waals surface area (Å²) >= 11 is 5.48. The van der Waals surface area contributed by atoms with Crippen molar-refractivity contribution >= 4 is 28.2 Å². The van der Waals surface area contributed by atoms with Crippen LogP contribution in [0.1, 0.15) is 16.7 Å². The molecular weight excluding hydrogens is 360 g/mol. The van der Waals surface area contributed by atoms with Crippen LogP contribution >= 0.6 is 12.2 Å². The number of rotatable bonds is 5. The molecular formula is C20H28N4O2S. The first kappa shape index (κ1) is 19.8. The molecule has 1 aliphatic rings. The fraction of sp³-hybridized carbons (Fsp3) is 0.500. The lowest BCUT2D eigenvalue weighted by molar-refractivity contribution is 0.0357. The first-order valence-electron chi connectivity index (χ1n) is 9.38. The fourth-order valence-electron chi connectivity index (χ4n) is 3.54. The Labute approximate surface area is 165 Å². The molecule has 0 unspecified atom stereocenters. The molecule has 0 bridgehead atoms. The average molecular weight is 389 g/mol. The van der Waals surface area contributed by atoms with Crippen molar-refractivity contribution in [1.29, 1.82) is 0 Å². The van der Waals surface area contributed by atoms with Gasteiger partial charge in [-0.15, -0.1) is 0 Å². The van der Waals surface area contributed by atoms with Gasteiger partial charge in [-0.2, -0.15) is 0 Å². The number of nitrogens with zero attached hydrogens (tertiary/aromatic N) is 2.